The van der Waals surface area contributed by atoms with Crippen LogP contribution in [0, 0.1) is 6.92 Å². The quantitative estimate of drug-likeness (QED) is 0.272. The molecule has 12 heteroatoms. The van der Waals surface area contributed by atoms with E-state index in [2.05, 4.69) is 41.3 Å². The molecule has 4 heterocycles. The summed E-state index contributed by atoms with van der Waals surface area (Å²) in [6.07, 6.45) is 1.93. The van der Waals surface area contributed by atoms with E-state index < -0.39 is 24.0 Å². The maximum atomic E-state index is 14.4. The fourth-order valence-corrected chi connectivity index (χ4v) is 4.84. The first-order valence-corrected chi connectivity index (χ1v) is 12.7. The first-order chi connectivity index (χ1) is 18.2. The van der Waals surface area contributed by atoms with Gasteiger partial charge in [-0.1, -0.05) is 12.1 Å². The molecule has 1 aliphatic heterocycles. The van der Waals surface area contributed by atoms with E-state index in [4.69, 9.17) is 0 Å². The van der Waals surface area contributed by atoms with E-state index >= 15 is 0 Å². The summed E-state index contributed by atoms with van der Waals surface area (Å²) < 4.78 is 16.4. The van der Waals surface area contributed by atoms with Gasteiger partial charge in [0.15, 0.2) is 5.78 Å². The molecule has 2 amide bonds. The highest BCUT2D eigenvalue weighted by atomic mass is 79.9. The molecule has 38 heavy (non-hydrogen) atoms. The van der Waals surface area contributed by atoms with E-state index in [0.717, 1.165) is 11.1 Å². The Balaban J connectivity index is 1.41. The number of carbonyl (C=O) groups excluding carboxylic acids is 3. The molecule has 194 valence electrons. The van der Waals surface area contributed by atoms with E-state index in [9.17, 15) is 18.8 Å². The molecule has 0 saturated carbocycles. The number of nitrogens with zero attached hydrogens (tertiary/aromatic N) is 6. The lowest BCUT2D eigenvalue weighted by atomic mass is 10.0. The predicted octanol–water partition coefficient (Wildman–Crippen LogP) is 3.74. The van der Waals surface area contributed by atoms with Gasteiger partial charge in [0, 0.05) is 36.7 Å². The molecule has 2 atom stereocenters. The van der Waals surface area contributed by atoms with Crippen molar-refractivity contribution in [1.82, 2.24) is 29.6 Å². The van der Waals surface area contributed by atoms with Gasteiger partial charge in [0.05, 0.1) is 12.1 Å². The Bertz CT molecular complexity index is 1560. The van der Waals surface area contributed by atoms with Crippen LogP contribution in [0.5, 0.6) is 0 Å². The molecule has 1 aliphatic rings. The van der Waals surface area contributed by atoms with Crippen LogP contribution in [-0.2, 0) is 16.1 Å². The molecule has 0 radical (unpaired) electrons. The molecule has 1 aromatic carbocycles. The second kappa shape index (κ2) is 10.4. The number of hydrogen-bond acceptors (Lipinski definition) is 7. The average Bonchev–Trinajstić information content (AvgIpc) is 3.45. The van der Waals surface area contributed by atoms with Gasteiger partial charge in [-0.2, -0.15) is 5.10 Å². The number of anilines is 1. The van der Waals surface area contributed by atoms with Gasteiger partial charge in [-0.3, -0.25) is 19.1 Å². The number of hydrogen-bond donors (Lipinski definition) is 1. The highest BCUT2D eigenvalue weighted by Gasteiger charge is 2.40. The smallest absolute Gasteiger partial charge is 0.248 e. The second-order valence-corrected chi connectivity index (χ2v) is 9.86. The lowest BCUT2D eigenvalue weighted by Gasteiger charge is -2.23. The summed E-state index contributed by atoms with van der Waals surface area (Å²) in [7, 11) is 0. The number of rotatable bonds is 6. The van der Waals surface area contributed by atoms with Crippen LogP contribution >= 0.6 is 15.9 Å². The average molecular weight is 580 g/mol. The second-order valence-electron chi connectivity index (χ2n) is 9.04. The lowest BCUT2D eigenvalue weighted by molar-refractivity contribution is -0.137. The van der Waals surface area contributed by atoms with Crippen molar-refractivity contribution < 1.29 is 18.8 Å². The third kappa shape index (κ3) is 5.17. The number of alkyl halides is 1. The van der Waals surface area contributed by atoms with Crippen molar-refractivity contribution in [1.29, 1.82) is 0 Å². The first-order valence-electron chi connectivity index (χ1n) is 11.9. The number of ketones is 1. The maximum absolute atomic E-state index is 14.4. The van der Waals surface area contributed by atoms with E-state index in [0.29, 0.717) is 21.3 Å². The monoisotopic (exact) mass is 579 g/mol. The first kappa shape index (κ1) is 25.6. The van der Waals surface area contributed by atoms with Crippen molar-refractivity contribution in [2.24, 2.45) is 0 Å². The molecule has 5 rings (SSSR count). The molecule has 3 aromatic heterocycles. The van der Waals surface area contributed by atoms with E-state index in [1.54, 1.807) is 43.6 Å². The minimum absolute atomic E-state index is 0.119. The Hall–Kier alpha value is -4.06. The van der Waals surface area contributed by atoms with E-state index in [1.807, 2.05) is 12.1 Å². The number of likely N-dealkylation sites (tertiary alicyclic amines) is 1. The SMILES string of the molecule is CC(=O)c1nn(CC(=O)N2C[C@H](F)C[C@H]2C(=O)Nc2cccc(Br)n2)c2ccc(-c3cnc(C)nc3)cc12. The zero-order chi connectivity index (χ0) is 27.0. The summed E-state index contributed by atoms with van der Waals surface area (Å²) >= 11 is 3.24. The van der Waals surface area contributed by atoms with Crippen LogP contribution in [0.4, 0.5) is 10.2 Å². The van der Waals surface area contributed by atoms with Crippen molar-refractivity contribution in [3.05, 3.63) is 64.9 Å². The zero-order valence-corrected chi connectivity index (χ0v) is 22.1. The number of aryl methyl sites for hydroxylation is 1. The Labute approximate surface area is 225 Å². The van der Waals surface area contributed by atoms with Gasteiger partial charge in [-0.05, 0) is 52.7 Å². The summed E-state index contributed by atoms with van der Waals surface area (Å²) in [5.41, 5.74) is 2.34. The standard InChI is InChI=1S/C26H23BrFN7O3/c1-14(36)25-19-8-16(17-10-29-15(2)30-11-17)6-7-20(19)35(33-25)13-24(37)34-12-18(28)9-21(34)26(38)32-23-5-3-4-22(27)31-23/h3-8,10-11,18,21H,9,12-13H2,1-2H3,(H,31,32,38)/t18-,21+/m1/s1. The number of nitrogens with one attached hydrogen (secondary N) is 1. The van der Waals surface area contributed by atoms with Gasteiger partial charge in [-0.25, -0.2) is 19.3 Å². The Morgan fingerprint density at radius 1 is 1.13 bits per heavy atom. The number of halogens is 2. The van der Waals surface area contributed by atoms with Gasteiger partial charge in [0.25, 0.3) is 0 Å². The van der Waals surface area contributed by atoms with Crippen LogP contribution in [0.3, 0.4) is 0 Å². The number of carbonyl (C=O) groups is 3. The maximum Gasteiger partial charge on any atom is 0.248 e. The minimum Gasteiger partial charge on any atom is -0.326 e. The van der Waals surface area contributed by atoms with Gasteiger partial charge in [0.1, 0.15) is 40.7 Å². The molecule has 1 N–H and O–H groups in total. The zero-order valence-electron chi connectivity index (χ0n) is 20.6. The fraction of sp³-hybridized carbons (Fsp3) is 0.269. The van der Waals surface area contributed by atoms with Crippen LogP contribution in [0.15, 0.2) is 53.4 Å². The molecular weight excluding hydrogens is 557 g/mol. The molecule has 0 spiro atoms. The number of fused-ring (bicyclic) bond motifs is 1. The third-order valence-corrected chi connectivity index (χ3v) is 6.76. The largest absolute Gasteiger partial charge is 0.326 e. The lowest BCUT2D eigenvalue weighted by Crippen LogP contribution is -2.44. The van der Waals surface area contributed by atoms with Crippen LogP contribution in [0.2, 0.25) is 0 Å². The number of Topliss-reactive ketones (excluding diaryl/α,β-unsaturated/α-hetero) is 1. The molecule has 4 aromatic rings. The van der Waals surface area contributed by atoms with Crippen molar-refractivity contribution in [3.8, 4) is 11.1 Å². The third-order valence-electron chi connectivity index (χ3n) is 6.32. The molecule has 10 nitrogen and oxygen atoms in total. The molecule has 1 saturated heterocycles. The summed E-state index contributed by atoms with van der Waals surface area (Å²) in [6.45, 7) is 2.72. The van der Waals surface area contributed by atoms with Crippen molar-refractivity contribution in [2.75, 3.05) is 11.9 Å². The highest BCUT2D eigenvalue weighted by Crippen LogP contribution is 2.28. The highest BCUT2D eigenvalue weighted by molar-refractivity contribution is 9.10. The Morgan fingerprint density at radius 2 is 1.89 bits per heavy atom. The predicted molar refractivity (Wildman–Crippen MR) is 141 cm³/mol. The number of pyridine rings is 1. The number of amides is 2. The van der Waals surface area contributed by atoms with Crippen molar-refractivity contribution in [3.63, 3.8) is 0 Å². The van der Waals surface area contributed by atoms with E-state index in [-0.39, 0.29) is 36.8 Å². The fourth-order valence-electron chi connectivity index (χ4n) is 4.50. The van der Waals surface area contributed by atoms with Crippen molar-refractivity contribution in [2.45, 2.75) is 39.0 Å². The Kier molecular flexibility index (Phi) is 6.98. The molecule has 0 aliphatic carbocycles. The topological polar surface area (TPSA) is 123 Å². The van der Waals surface area contributed by atoms with E-state index in [1.165, 1.54) is 16.5 Å². The van der Waals surface area contributed by atoms with Crippen LogP contribution in [0.1, 0.15) is 29.7 Å². The van der Waals surface area contributed by atoms with Crippen LogP contribution < -0.4 is 5.32 Å². The van der Waals surface area contributed by atoms with Gasteiger partial charge in [-0.15, -0.1) is 0 Å². The van der Waals surface area contributed by atoms with Gasteiger partial charge >= 0.3 is 0 Å². The normalized spacial score (nSPS) is 17.1. The van der Waals surface area contributed by atoms with Crippen molar-refractivity contribution >= 4 is 50.2 Å². The summed E-state index contributed by atoms with van der Waals surface area (Å²) in [5.74, 6) is -0.338. The minimum atomic E-state index is -1.34. The number of benzene rings is 1. The van der Waals surface area contributed by atoms with Crippen LogP contribution in [0.25, 0.3) is 22.0 Å². The molecule has 0 bridgehead atoms. The molecular formula is C26H23BrFN7O3. The summed E-state index contributed by atoms with van der Waals surface area (Å²) in [4.78, 5) is 52.5. The van der Waals surface area contributed by atoms with Crippen LogP contribution in [-0.4, -0.2) is 66.0 Å². The van der Waals surface area contributed by atoms with Gasteiger partial charge in [0.2, 0.25) is 11.8 Å². The van der Waals surface area contributed by atoms with Gasteiger partial charge < -0.3 is 10.2 Å². The summed E-state index contributed by atoms with van der Waals surface area (Å²) in [5, 5.41) is 7.62. The molecule has 1 fully saturated rings. The Morgan fingerprint density at radius 3 is 2.61 bits per heavy atom. The number of aromatic nitrogens is 5. The summed E-state index contributed by atoms with van der Waals surface area (Å²) in [6, 6.07) is 9.42. The molecule has 0 unspecified atom stereocenters.